The topological polar surface area (TPSA) is 38.3 Å². The summed E-state index contributed by atoms with van der Waals surface area (Å²) in [6.45, 7) is 6.13. The zero-order valence-electron chi connectivity index (χ0n) is 14.1. The highest BCUT2D eigenvalue weighted by Crippen LogP contribution is 2.18. The Bertz CT molecular complexity index is 702. The monoisotopic (exact) mass is 309 g/mol. The number of rotatable bonds is 5. The average molecular weight is 309 g/mol. The molecule has 0 aliphatic rings. The predicted molar refractivity (Wildman–Crippen MR) is 94.5 cm³/mol. The zero-order valence-corrected chi connectivity index (χ0v) is 14.1. The van der Waals surface area contributed by atoms with Crippen LogP contribution in [0.15, 0.2) is 48.5 Å². The molecule has 0 saturated heterocycles. The maximum atomic E-state index is 12.1. The minimum atomic E-state index is -0.103. The van der Waals surface area contributed by atoms with E-state index in [1.807, 2.05) is 31.2 Å². The number of benzene rings is 2. The Kier molecular flexibility index (Phi) is 5.58. The van der Waals surface area contributed by atoms with E-state index in [9.17, 15) is 4.79 Å². The van der Waals surface area contributed by atoms with Crippen molar-refractivity contribution in [2.75, 3.05) is 7.11 Å². The maximum absolute atomic E-state index is 12.1. The third kappa shape index (κ3) is 4.71. The Morgan fingerprint density at radius 1 is 1.13 bits per heavy atom. The van der Waals surface area contributed by atoms with Gasteiger partial charge in [-0.15, -0.1) is 0 Å². The third-order valence-corrected chi connectivity index (χ3v) is 3.79. The highest BCUT2D eigenvalue weighted by Gasteiger charge is 2.10. The minimum absolute atomic E-state index is 0.0244. The number of methoxy groups -OCH3 is 1. The van der Waals surface area contributed by atoms with Gasteiger partial charge in [0.2, 0.25) is 5.91 Å². The second-order valence-corrected chi connectivity index (χ2v) is 5.70. The van der Waals surface area contributed by atoms with E-state index in [1.165, 1.54) is 11.1 Å². The van der Waals surface area contributed by atoms with Gasteiger partial charge in [-0.2, -0.15) is 0 Å². The molecule has 0 unspecified atom stereocenters. The van der Waals surface area contributed by atoms with Crippen LogP contribution in [0.1, 0.15) is 35.2 Å². The molecule has 1 amide bonds. The molecule has 1 N–H and O–H groups in total. The summed E-state index contributed by atoms with van der Waals surface area (Å²) < 4.78 is 5.11. The van der Waals surface area contributed by atoms with Gasteiger partial charge in [0, 0.05) is 6.08 Å². The molecular weight excluding hydrogens is 286 g/mol. The molecule has 1 atom stereocenters. The van der Waals surface area contributed by atoms with Crippen molar-refractivity contribution >= 4 is 12.0 Å². The molecule has 0 heterocycles. The average Bonchev–Trinajstić information content (AvgIpc) is 2.53. The van der Waals surface area contributed by atoms with Crippen molar-refractivity contribution in [3.05, 3.63) is 70.8 Å². The largest absolute Gasteiger partial charge is 0.497 e. The number of nitrogens with one attached hydrogen (secondary N) is 1. The smallest absolute Gasteiger partial charge is 0.244 e. The van der Waals surface area contributed by atoms with Crippen LogP contribution in [0.5, 0.6) is 5.75 Å². The van der Waals surface area contributed by atoms with Gasteiger partial charge in [0.1, 0.15) is 5.75 Å². The molecule has 0 aliphatic heterocycles. The van der Waals surface area contributed by atoms with E-state index in [0.29, 0.717) is 0 Å². The summed E-state index contributed by atoms with van der Waals surface area (Å²) in [5.41, 5.74) is 4.52. The fourth-order valence-corrected chi connectivity index (χ4v) is 2.54. The second kappa shape index (κ2) is 7.63. The van der Waals surface area contributed by atoms with Crippen molar-refractivity contribution in [3.63, 3.8) is 0 Å². The molecule has 0 bridgehead atoms. The number of amides is 1. The lowest BCUT2D eigenvalue weighted by Gasteiger charge is -2.16. The van der Waals surface area contributed by atoms with E-state index in [-0.39, 0.29) is 11.9 Å². The number of carbonyl (C=O) groups excluding carboxylic acids is 1. The highest BCUT2D eigenvalue weighted by molar-refractivity contribution is 5.92. The first-order valence-electron chi connectivity index (χ1n) is 7.69. The molecule has 3 heteroatoms. The lowest BCUT2D eigenvalue weighted by Crippen LogP contribution is -2.25. The van der Waals surface area contributed by atoms with Gasteiger partial charge in [-0.25, -0.2) is 0 Å². The lowest BCUT2D eigenvalue weighted by atomic mass is 10.0. The van der Waals surface area contributed by atoms with Crippen molar-refractivity contribution in [2.24, 2.45) is 0 Å². The van der Waals surface area contributed by atoms with E-state index < -0.39 is 0 Å². The van der Waals surface area contributed by atoms with E-state index >= 15 is 0 Å². The van der Waals surface area contributed by atoms with Gasteiger partial charge < -0.3 is 10.1 Å². The maximum Gasteiger partial charge on any atom is 0.244 e. The molecule has 0 aromatic heterocycles. The Morgan fingerprint density at radius 2 is 1.83 bits per heavy atom. The molecule has 23 heavy (non-hydrogen) atoms. The third-order valence-electron chi connectivity index (χ3n) is 3.79. The first-order valence-corrected chi connectivity index (χ1v) is 7.69. The molecule has 3 nitrogen and oxygen atoms in total. The number of hydrogen-bond acceptors (Lipinski definition) is 2. The molecule has 0 aliphatic carbocycles. The summed E-state index contributed by atoms with van der Waals surface area (Å²) >= 11 is 0. The van der Waals surface area contributed by atoms with Crippen LogP contribution in [-0.2, 0) is 4.79 Å². The standard InChI is InChI=1S/C20H23NO2/c1-14-5-11-19(15(2)13-14)16(3)21-20(22)12-8-17-6-9-18(23-4)10-7-17/h5-13,16H,1-4H3,(H,21,22)/b12-8+/t16-/m1/s1. The number of hydrogen-bond donors (Lipinski definition) is 1. The Morgan fingerprint density at radius 3 is 2.43 bits per heavy atom. The second-order valence-electron chi connectivity index (χ2n) is 5.70. The summed E-state index contributed by atoms with van der Waals surface area (Å²) in [4.78, 5) is 12.1. The van der Waals surface area contributed by atoms with Crippen LogP contribution in [0.25, 0.3) is 6.08 Å². The SMILES string of the molecule is COc1ccc(/C=C/C(=O)N[C@H](C)c2ccc(C)cc2C)cc1. The van der Waals surface area contributed by atoms with Crippen molar-refractivity contribution < 1.29 is 9.53 Å². The van der Waals surface area contributed by atoms with E-state index in [1.54, 1.807) is 19.3 Å². The molecule has 120 valence electrons. The first kappa shape index (κ1) is 16.8. The van der Waals surface area contributed by atoms with E-state index in [0.717, 1.165) is 16.9 Å². The van der Waals surface area contributed by atoms with Crippen molar-refractivity contribution in [3.8, 4) is 5.75 Å². The summed E-state index contributed by atoms with van der Waals surface area (Å²) in [6.07, 6.45) is 3.35. The summed E-state index contributed by atoms with van der Waals surface area (Å²) in [7, 11) is 1.63. The van der Waals surface area contributed by atoms with Gasteiger partial charge in [0.15, 0.2) is 0 Å². The van der Waals surface area contributed by atoms with Crippen LogP contribution >= 0.6 is 0 Å². The Balaban J connectivity index is 1.99. The van der Waals surface area contributed by atoms with Crippen molar-refractivity contribution in [1.82, 2.24) is 5.32 Å². The van der Waals surface area contributed by atoms with Crippen LogP contribution < -0.4 is 10.1 Å². The highest BCUT2D eigenvalue weighted by atomic mass is 16.5. The lowest BCUT2D eigenvalue weighted by molar-refractivity contribution is -0.117. The molecule has 0 fully saturated rings. The van der Waals surface area contributed by atoms with E-state index in [4.69, 9.17) is 4.74 Å². The van der Waals surface area contributed by atoms with Gasteiger partial charge in [-0.1, -0.05) is 35.9 Å². The number of aryl methyl sites for hydroxylation is 2. The first-order chi connectivity index (χ1) is 11.0. The Hall–Kier alpha value is -2.55. The van der Waals surface area contributed by atoms with Crippen LogP contribution in [0.3, 0.4) is 0 Å². The quantitative estimate of drug-likeness (QED) is 0.841. The molecule has 2 rings (SSSR count). The summed E-state index contributed by atoms with van der Waals surface area (Å²) in [5, 5.41) is 3.00. The normalized spacial score (nSPS) is 12.2. The van der Waals surface area contributed by atoms with E-state index in [2.05, 4.69) is 37.4 Å². The summed E-state index contributed by atoms with van der Waals surface area (Å²) in [5.74, 6) is 0.698. The van der Waals surface area contributed by atoms with Gasteiger partial charge in [-0.05, 0) is 55.7 Å². The van der Waals surface area contributed by atoms with Crippen molar-refractivity contribution in [1.29, 1.82) is 0 Å². The zero-order chi connectivity index (χ0) is 16.8. The minimum Gasteiger partial charge on any atom is -0.497 e. The van der Waals surface area contributed by atoms with Crippen molar-refractivity contribution in [2.45, 2.75) is 26.8 Å². The van der Waals surface area contributed by atoms with Gasteiger partial charge in [0.25, 0.3) is 0 Å². The van der Waals surface area contributed by atoms with Gasteiger partial charge in [-0.3, -0.25) is 4.79 Å². The summed E-state index contributed by atoms with van der Waals surface area (Å²) in [6, 6.07) is 13.8. The number of ether oxygens (including phenoxy) is 1. The molecule has 0 radical (unpaired) electrons. The molecule has 0 spiro atoms. The molecule has 2 aromatic carbocycles. The fraction of sp³-hybridized carbons (Fsp3) is 0.250. The van der Waals surface area contributed by atoms with Crippen LogP contribution in [-0.4, -0.2) is 13.0 Å². The predicted octanol–water partition coefficient (Wildman–Crippen LogP) is 4.20. The number of carbonyl (C=O) groups is 1. The Labute approximate surface area is 138 Å². The van der Waals surface area contributed by atoms with Crippen LogP contribution in [0.4, 0.5) is 0 Å². The van der Waals surface area contributed by atoms with Gasteiger partial charge >= 0.3 is 0 Å². The van der Waals surface area contributed by atoms with Crippen LogP contribution in [0, 0.1) is 13.8 Å². The van der Waals surface area contributed by atoms with Crippen LogP contribution in [0.2, 0.25) is 0 Å². The molecule has 0 saturated carbocycles. The molecular formula is C20H23NO2. The molecule has 2 aromatic rings. The van der Waals surface area contributed by atoms with Gasteiger partial charge in [0.05, 0.1) is 13.2 Å². The fourth-order valence-electron chi connectivity index (χ4n) is 2.54.